The fraction of sp³-hybridized carbons (Fsp3) is 0.150. The Morgan fingerprint density at radius 2 is 1.92 bits per heavy atom. The first-order valence-electron chi connectivity index (χ1n) is 8.17. The van der Waals surface area contributed by atoms with Crippen LogP contribution < -0.4 is 10.1 Å². The minimum absolute atomic E-state index is 0.0547. The average molecular weight is 351 g/mol. The molecule has 26 heavy (non-hydrogen) atoms. The molecular weight excluding hydrogens is 333 g/mol. The van der Waals surface area contributed by atoms with Crippen LogP contribution in [0, 0.1) is 5.82 Å². The lowest BCUT2D eigenvalue weighted by Gasteiger charge is -2.15. The lowest BCUT2D eigenvalue weighted by atomic mass is 10.1. The molecule has 0 bridgehead atoms. The molecule has 3 aromatic rings. The Labute approximate surface area is 150 Å². The van der Waals surface area contributed by atoms with Crippen molar-refractivity contribution in [3.05, 3.63) is 78.5 Å². The number of hydrogen-bond acceptors (Lipinski definition) is 4. The molecule has 0 aliphatic heterocycles. The normalized spacial score (nSPS) is 11.6. The van der Waals surface area contributed by atoms with Gasteiger partial charge in [-0.05, 0) is 48.9 Å². The molecule has 0 aliphatic rings. The first-order chi connectivity index (χ1) is 12.6. The second-order valence-corrected chi connectivity index (χ2v) is 5.69. The van der Waals surface area contributed by atoms with Crippen molar-refractivity contribution in [2.24, 2.45) is 0 Å². The monoisotopic (exact) mass is 351 g/mol. The van der Waals surface area contributed by atoms with E-state index < -0.39 is 11.9 Å². The SMILES string of the molecule is C[C@H](Oc1ccccc1F)C(=O)NCc1ccnc(-c2ccncc2)c1. The van der Waals surface area contributed by atoms with Crippen LogP contribution in [0.1, 0.15) is 12.5 Å². The van der Waals surface area contributed by atoms with Gasteiger partial charge < -0.3 is 10.1 Å². The van der Waals surface area contributed by atoms with Gasteiger partial charge in [0.2, 0.25) is 0 Å². The molecule has 1 atom stereocenters. The van der Waals surface area contributed by atoms with Gasteiger partial charge in [-0.25, -0.2) is 4.39 Å². The highest BCUT2D eigenvalue weighted by atomic mass is 19.1. The van der Waals surface area contributed by atoms with Gasteiger partial charge in [-0.1, -0.05) is 12.1 Å². The minimum Gasteiger partial charge on any atom is -0.478 e. The van der Waals surface area contributed by atoms with Gasteiger partial charge >= 0.3 is 0 Å². The van der Waals surface area contributed by atoms with Gasteiger partial charge in [0.05, 0.1) is 5.69 Å². The molecule has 0 saturated carbocycles. The van der Waals surface area contributed by atoms with E-state index >= 15 is 0 Å². The van der Waals surface area contributed by atoms with Crippen molar-refractivity contribution in [3.8, 4) is 17.0 Å². The lowest BCUT2D eigenvalue weighted by molar-refractivity contribution is -0.127. The molecule has 0 unspecified atom stereocenters. The Morgan fingerprint density at radius 1 is 1.15 bits per heavy atom. The Balaban J connectivity index is 1.60. The van der Waals surface area contributed by atoms with Crippen LogP contribution in [0.15, 0.2) is 67.1 Å². The van der Waals surface area contributed by atoms with Crippen LogP contribution in [0.3, 0.4) is 0 Å². The second-order valence-electron chi connectivity index (χ2n) is 5.69. The molecule has 0 radical (unpaired) electrons. The van der Waals surface area contributed by atoms with E-state index in [0.29, 0.717) is 6.54 Å². The molecule has 1 aromatic carbocycles. The van der Waals surface area contributed by atoms with Crippen molar-refractivity contribution in [3.63, 3.8) is 0 Å². The molecule has 0 aliphatic carbocycles. The fourth-order valence-corrected chi connectivity index (χ4v) is 2.38. The number of ether oxygens (including phenoxy) is 1. The third-order valence-electron chi connectivity index (χ3n) is 3.78. The molecule has 1 amide bonds. The standard InChI is InChI=1S/C20H18FN3O2/c1-14(26-19-5-3-2-4-17(19)21)20(25)24-13-15-6-11-23-18(12-15)16-7-9-22-10-8-16/h2-12,14H,13H2,1H3,(H,24,25)/t14-/m0/s1. The summed E-state index contributed by atoms with van der Waals surface area (Å²) in [7, 11) is 0. The van der Waals surface area contributed by atoms with Gasteiger partial charge in [0, 0.05) is 30.7 Å². The van der Waals surface area contributed by atoms with E-state index in [-0.39, 0.29) is 11.7 Å². The van der Waals surface area contributed by atoms with Gasteiger partial charge in [0.25, 0.3) is 5.91 Å². The van der Waals surface area contributed by atoms with Gasteiger partial charge in [0.15, 0.2) is 17.7 Å². The Bertz CT molecular complexity index is 887. The zero-order valence-electron chi connectivity index (χ0n) is 14.2. The van der Waals surface area contributed by atoms with Gasteiger partial charge in [0.1, 0.15) is 0 Å². The lowest BCUT2D eigenvalue weighted by Crippen LogP contribution is -2.36. The topological polar surface area (TPSA) is 64.1 Å². The number of aromatic nitrogens is 2. The number of hydrogen-bond donors (Lipinski definition) is 1. The second kappa shape index (κ2) is 8.20. The first-order valence-corrected chi connectivity index (χ1v) is 8.17. The van der Waals surface area contributed by atoms with E-state index in [0.717, 1.165) is 16.8 Å². The number of amides is 1. The largest absolute Gasteiger partial charge is 0.478 e. The van der Waals surface area contributed by atoms with E-state index in [1.807, 2.05) is 24.3 Å². The number of nitrogens with zero attached hydrogens (tertiary/aromatic N) is 2. The number of pyridine rings is 2. The van der Waals surface area contributed by atoms with Crippen molar-refractivity contribution in [2.45, 2.75) is 19.6 Å². The Morgan fingerprint density at radius 3 is 2.69 bits per heavy atom. The molecule has 3 rings (SSSR count). The third kappa shape index (κ3) is 4.42. The number of rotatable bonds is 6. The minimum atomic E-state index is -0.812. The molecular formula is C20H18FN3O2. The summed E-state index contributed by atoms with van der Waals surface area (Å²) in [6.45, 7) is 1.90. The van der Waals surface area contributed by atoms with Gasteiger partial charge in [-0.3, -0.25) is 14.8 Å². The molecule has 2 aromatic heterocycles. The maximum Gasteiger partial charge on any atom is 0.261 e. The van der Waals surface area contributed by atoms with E-state index in [4.69, 9.17) is 4.74 Å². The van der Waals surface area contributed by atoms with Crippen molar-refractivity contribution in [1.29, 1.82) is 0 Å². The summed E-state index contributed by atoms with van der Waals surface area (Å²) in [4.78, 5) is 20.5. The number of carbonyl (C=O) groups is 1. The first kappa shape index (κ1) is 17.5. The van der Waals surface area contributed by atoms with E-state index in [2.05, 4.69) is 15.3 Å². The van der Waals surface area contributed by atoms with Crippen molar-refractivity contribution >= 4 is 5.91 Å². The molecule has 0 fully saturated rings. The van der Waals surface area contributed by atoms with E-state index in [1.165, 1.54) is 12.1 Å². The quantitative estimate of drug-likeness (QED) is 0.740. The van der Waals surface area contributed by atoms with Crippen LogP contribution in [0.25, 0.3) is 11.3 Å². The summed E-state index contributed by atoms with van der Waals surface area (Å²) in [6.07, 6.45) is 4.28. The number of benzene rings is 1. The Kier molecular flexibility index (Phi) is 5.53. The third-order valence-corrected chi connectivity index (χ3v) is 3.78. The maximum atomic E-state index is 13.6. The molecule has 132 valence electrons. The maximum absolute atomic E-state index is 13.6. The highest BCUT2D eigenvalue weighted by Gasteiger charge is 2.16. The van der Waals surface area contributed by atoms with Gasteiger partial charge in [-0.2, -0.15) is 0 Å². The molecule has 2 heterocycles. The van der Waals surface area contributed by atoms with E-state index in [1.54, 1.807) is 37.6 Å². The summed E-state index contributed by atoms with van der Waals surface area (Å²) in [5.41, 5.74) is 2.65. The van der Waals surface area contributed by atoms with Crippen LogP contribution in [0.4, 0.5) is 4.39 Å². The number of halogens is 1. The highest BCUT2D eigenvalue weighted by Crippen LogP contribution is 2.18. The fourth-order valence-electron chi connectivity index (χ4n) is 2.38. The smallest absolute Gasteiger partial charge is 0.261 e. The average Bonchev–Trinajstić information content (AvgIpc) is 2.68. The van der Waals surface area contributed by atoms with Crippen LogP contribution in [0.2, 0.25) is 0 Å². The summed E-state index contributed by atoms with van der Waals surface area (Å²) in [5.74, 6) is -0.766. The van der Waals surface area contributed by atoms with E-state index in [9.17, 15) is 9.18 Å². The van der Waals surface area contributed by atoms with Crippen molar-refractivity contribution in [1.82, 2.24) is 15.3 Å². The molecule has 6 heteroatoms. The number of carbonyl (C=O) groups excluding carboxylic acids is 1. The summed E-state index contributed by atoms with van der Waals surface area (Å²) in [6, 6.07) is 13.5. The van der Waals surface area contributed by atoms with Crippen LogP contribution in [-0.4, -0.2) is 22.0 Å². The molecule has 1 N–H and O–H groups in total. The van der Waals surface area contributed by atoms with Crippen LogP contribution >= 0.6 is 0 Å². The zero-order valence-corrected chi connectivity index (χ0v) is 14.2. The number of para-hydroxylation sites is 1. The zero-order chi connectivity index (χ0) is 18.4. The Hall–Kier alpha value is -3.28. The predicted octanol–water partition coefficient (Wildman–Crippen LogP) is 3.37. The summed E-state index contributed by atoms with van der Waals surface area (Å²) < 4.78 is 19.0. The summed E-state index contributed by atoms with van der Waals surface area (Å²) >= 11 is 0. The van der Waals surface area contributed by atoms with Crippen LogP contribution in [0.5, 0.6) is 5.75 Å². The molecule has 5 nitrogen and oxygen atoms in total. The van der Waals surface area contributed by atoms with Crippen molar-refractivity contribution in [2.75, 3.05) is 0 Å². The van der Waals surface area contributed by atoms with Crippen LogP contribution in [-0.2, 0) is 11.3 Å². The highest BCUT2D eigenvalue weighted by molar-refractivity contribution is 5.80. The summed E-state index contributed by atoms with van der Waals surface area (Å²) in [5, 5.41) is 2.79. The van der Waals surface area contributed by atoms with Crippen molar-refractivity contribution < 1.29 is 13.9 Å². The molecule has 0 saturated heterocycles. The van der Waals surface area contributed by atoms with Gasteiger partial charge in [-0.15, -0.1) is 0 Å². The predicted molar refractivity (Wildman–Crippen MR) is 95.8 cm³/mol. The number of nitrogens with one attached hydrogen (secondary N) is 1. The molecule has 0 spiro atoms.